The van der Waals surface area contributed by atoms with Crippen LogP contribution in [0.25, 0.3) is 0 Å². The second-order valence-corrected chi connectivity index (χ2v) is 7.36. The number of ketones is 2. The molecule has 1 aromatic carbocycles. The van der Waals surface area contributed by atoms with E-state index in [1.165, 1.54) is 26.6 Å². The number of halogens is 2. The predicted molar refractivity (Wildman–Crippen MR) is 121 cm³/mol. The van der Waals surface area contributed by atoms with Crippen LogP contribution in [0.5, 0.6) is 11.5 Å². The second kappa shape index (κ2) is 11.7. The Hall–Kier alpha value is -2.57. The van der Waals surface area contributed by atoms with Gasteiger partial charge in [-0.1, -0.05) is 37.0 Å². The number of allylic oxidation sites excluding steroid dienone is 2. The van der Waals surface area contributed by atoms with Crippen LogP contribution < -0.4 is 9.47 Å². The third kappa shape index (κ3) is 5.99. The molecule has 2 rings (SSSR count). The minimum atomic E-state index is -0.362. The Labute approximate surface area is 192 Å². The molecule has 0 radical (unpaired) electrons. The van der Waals surface area contributed by atoms with Gasteiger partial charge in [0.25, 0.3) is 0 Å². The van der Waals surface area contributed by atoms with Gasteiger partial charge in [0.15, 0.2) is 12.4 Å². The summed E-state index contributed by atoms with van der Waals surface area (Å²) in [5.41, 5.74) is 0.819. The van der Waals surface area contributed by atoms with E-state index in [0.29, 0.717) is 17.7 Å². The van der Waals surface area contributed by atoms with Gasteiger partial charge in [0.1, 0.15) is 17.1 Å². The summed E-state index contributed by atoms with van der Waals surface area (Å²) >= 11 is 12.3. The Morgan fingerprint density at radius 1 is 1.03 bits per heavy atom. The van der Waals surface area contributed by atoms with Crippen molar-refractivity contribution in [2.45, 2.75) is 33.1 Å². The summed E-state index contributed by atoms with van der Waals surface area (Å²) in [5.74, 6) is 0.461. The third-order valence-electron chi connectivity index (χ3n) is 4.58. The maximum absolute atomic E-state index is 13.1. The smallest absolute Gasteiger partial charge is 0.207 e. The van der Waals surface area contributed by atoms with Crippen LogP contribution in [0.2, 0.25) is 10.0 Å². The largest absolute Gasteiger partial charge is 0.496 e. The number of carbonyl (C=O) groups is 2. The van der Waals surface area contributed by atoms with Gasteiger partial charge in [-0.2, -0.15) is 0 Å². The molecule has 1 aromatic heterocycles. The number of rotatable bonds is 11. The van der Waals surface area contributed by atoms with Crippen LogP contribution in [-0.2, 0) is 11.2 Å². The third-order valence-corrected chi connectivity index (χ3v) is 5.23. The van der Waals surface area contributed by atoms with Crippen molar-refractivity contribution in [3.8, 4) is 11.5 Å². The standard InChI is InChI=1S/C23H25Cl2NO5/c1-5-7-14(6-2)31-13-20(28)22-21(29-3)9-8-15(23(22)30-4)19(27)10-16-17(24)11-26-12-18(16)25/h7-9,11-12H,5-6,10,13H2,1-4H3. The van der Waals surface area contributed by atoms with Gasteiger partial charge in [0.05, 0.1) is 35.6 Å². The maximum atomic E-state index is 13.1. The molecule has 0 saturated heterocycles. The highest BCUT2D eigenvalue weighted by Gasteiger charge is 2.26. The molecule has 8 heteroatoms. The van der Waals surface area contributed by atoms with Crippen molar-refractivity contribution in [1.82, 2.24) is 4.98 Å². The van der Waals surface area contributed by atoms with E-state index in [1.54, 1.807) is 12.1 Å². The molecule has 166 valence electrons. The van der Waals surface area contributed by atoms with E-state index in [2.05, 4.69) is 4.98 Å². The average Bonchev–Trinajstić information content (AvgIpc) is 2.77. The van der Waals surface area contributed by atoms with Crippen molar-refractivity contribution in [3.63, 3.8) is 0 Å². The molecule has 0 bridgehead atoms. The van der Waals surface area contributed by atoms with Gasteiger partial charge in [-0.05, 0) is 24.6 Å². The molecule has 2 aromatic rings. The van der Waals surface area contributed by atoms with Gasteiger partial charge in [0.2, 0.25) is 5.78 Å². The van der Waals surface area contributed by atoms with Gasteiger partial charge in [-0.15, -0.1) is 0 Å². The topological polar surface area (TPSA) is 74.7 Å². The van der Waals surface area contributed by atoms with Gasteiger partial charge < -0.3 is 14.2 Å². The number of nitrogens with zero attached hydrogens (tertiary/aromatic N) is 1. The molecule has 0 amide bonds. The molecular weight excluding hydrogens is 441 g/mol. The van der Waals surface area contributed by atoms with Crippen LogP contribution in [0, 0.1) is 0 Å². The summed E-state index contributed by atoms with van der Waals surface area (Å²) in [7, 11) is 2.84. The molecule has 1 heterocycles. The fourth-order valence-corrected chi connectivity index (χ4v) is 3.55. The van der Waals surface area contributed by atoms with Crippen molar-refractivity contribution in [1.29, 1.82) is 0 Å². The van der Waals surface area contributed by atoms with Crippen LogP contribution in [0.15, 0.2) is 36.4 Å². The lowest BCUT2D eigenvalue weighted by atomic mass is 9.97. The fourth-order valence-electron chi connectivity index (χ4n) is 3.06. The van der Waals surface area contributed by atoms with E-state index in [4.69, 9.17) is 37.4 Å². The first kappa shape index (κ1) is 24.7. The number of hydrogen-bond acceptors (Lipinski definition) is 6. The van der Waals surface area contributed by atoms with E-state index in [0.717, 1.165) is 12.2 Å². The van der Waals surface area contributed by atoms with E-state index in [9.17, 15) is 9.59 Å². The van der Waals surface area contributed by atoms with E-state index in [-0.39, 0.29) is 51.5 Å². The summed E-state index contributed by atoms with van der Waals surface area (Å²) in [5, 5.41) is 0.570. The summed E-state index contributed by atoms with van der Waals surface area (Å²) < 4.78 is 16.5. The number of aromatic nitrogens is 1. The maximum Gasteiger partial charge on any atom is 0.207 e. The lowest BCUT2D eigenvalue weighted by Gasteiger charge is -2.17. The number of methoxy groups -OCH3 is 2. The molecule has 0 N–H and O–H groups in total. The Bertz CT molecular complexity index is 968. The number of hydrogen-bond donors (Lipinski definition) is 0. The van der Waals surface area contributed by atoms with Crippen molar-refractivity contribution < 1.29 is 23.8 Å². The highest BCUT2D eigenvalue weighted by molar-refractivity contribution is 6.36. The lowest BCUT2D eigenvalue weighted by Crippen LogP contribution is -2.15. The fraction of sp³-hybridized carbons (Fsp3) is 0.348. The van der Waals surface area contributed by atoms with Gasteiger partial charge in [-0.3, -0.25) is 14.6 Å². The average molecular weight is 466 g/mol. The first-order chi connectivity index (χ1) is 14.9. The molecular formula is C23H25Cl2NO5. The Balaban J connectivity index is 2.41. The van der Waals surface area contributed by atoms with Crippen molar-refractivity contribution in [3.05, 3.63) is 63.1 Å². The normalized spacial score (nSPS) is 11.2. The van der Waals surface area contributed by atoms with Gasteiger partial charge in [-0.25, -0.2) is 0 Å². The van der Waals surface area contributed by atoms with Crippen LogP contribution in [-0.4, -0.2) is 37.4 Å². The molecule has 6 nitrogen and oxygen atoms in total. The van der Waals surface area contributed by atoms with E-state index < -0.39 is 0 Å². The molecule has 0 atom stereocenters. The number of carbonyl (C=O) groups excluding carboxylic acids is 2. The summed E-state index contributed by atoms with van der Waals surface area (Å²) in [4.78, 5) is 29.9. The van der Waals surface area contributed by atoms with E-state index >= 15 is 0 Å². The monoisotopic (exact) mass is 465 g/mol. The highest BCUT2D eigenvalue weighted by Crippen LogP contribution is 2.34. The molecule has 0 spiro atoms. The van der Waals surface area contributed by atoms with Crippen molar-refractivity contribution in [2.24, 2.45) is 0 Å². The molecule has 0 aliphatic heterocycles. The summed E-state index contributed by atoms with van der Waals surface area (Å²) in [6.07, 6.45) is 6.15. The van der Waals surface area contributed by atoms with Gasteiger partial charge in [0, 0.05) is 30.8 Å². The minimum Gasteiger partial charge on any atom is -0.496 e. The highest BCUT2D eigenvalue weighted by atomic mass is 35.5. The second-order valence-electron chi connectivity index (χ2n) is 6.55. The van der Waals surface area contributed by atoms with Gasteiger partial charge >= 0.3 is 0 Å². The Morgan fingerprint density at radius 3 is 2.26 bits per heavy atom. The molecule has 0 saturated carbocycles. The first-order valence-corrected chi connectivity index (χ1v) is 10.5. The number of Topliss-reactive ketones (excluding diaryl/α,β-unsaturated/α-hetero) is 2. The zero-order chi connectivity index (χ0) is 23.0. The Kier molecular flexibility index (Phi) is 9.34. The molecule has 0 aliphatic carbocycles. The molecule has 0 unspecified atom stereocenters. The summed E-state index contributed by atoms with van der Waals surface area (Å²) in [6.45, 7) is 3.73. The zero-order valence-corrected chi connectivity index (χ0v) is 19.5. The zero-order valence-electron chi connectivity index (χ0n) is 18.0. The van der Waals surface area contributed by atoms with Crippen LogP contribution >= 0.6 is 23.2 Å². The van der Waals surface area contributed by atoms with E-state index in [1.807, 2.05) is 19.9 Å². The number of benzene rings is 1. The lowest BCUT2D eigenvalue weighted by molar-refractivity contribution is 0.0849. The van der Waals surface area contributed by atoms with Crippen LogP contribution in [0.1, 0.15) is 53.0 Å². The first-order valence-electron chi connectivity index (χ1n) is 9.78. The quantitative estimate of drug-likeness (QED) is 0.311. The number of pyridine rings is 1. The SMILES string of the molecule is CCC=C(CC)OCC(=O)c1c(OC)ccc(C(=O)Cc2c(Cl)cncc2Cl)c1OC. The molecule has 0 aliphatic rings. The predicted octanol–water partition coefficient (Wildman–Crippen LogP) is 5.73. The number of ether oxygens (including phenoxy) is 3. The van der Waals surface area contributed by atoms with Crippen molar-refractivity contribution in [2.75, 3.05) is 20.8 Å². The van der Waals surface area contributed by atoms with Crippen LogP contribution in [0.4, 0.5) is 0 Å². The van der Waals surface area contributed by atoms with Crippen LogP contribution in [0.3, 0.4) is 0 Å². The Morgan fingerprint density at radius 2 is 1.71 bits per heavy atom. The minimum absolute atomic E-state index is 0.0772. The molecule has 0 fully saturated rings. The molecule has 31 heavy (non-hydrogen) atoms. The van der Waals surface area contributed by atoms with Crippen molar-refractivity contribution >= 4 is 34.8 Å². The summed E-state index contributed by atoms with van der Waals surface area (Å²) in [6, 6.07) is 3.11.